The molecule has 1 fully saturated rings. The number of anilines is 1. The summed E-state index contributed by atoms with van der Waals surface area (Å²) >= 11 is 0. The number of nitrogens with zero attached hydrogens (tertiary/aromatic N) is 3. The van der Waals surface area contributed by atoms with Crippen molar-refractivity contribution in [2.75, 3.05) is 32.1 Å². The van der Waals surface area contributed by atoms with Gasteiger partial charge in [-0.3, -0.25) is 0 Å². The van der Waals surface area contributed by atoms with E-state index in [4.69, 9.17) is 5.11 Å². The molecule has 100 valence electrons. The second-order valence-corrected chi connectivity index (χ2v) is 5.31. The number of hydrogen-bond donors (Lipinski definition) is 1. The Morgan fingerprint density at radius 1 is 1.56 bits per heavy atom. The molecule has 0 aliphatic carbocycles. The molecular formula is C14H23N3O. The zero-order valence-corrected chi connectivity index (χ0v) is 11.6. The van der Waals surface area contributed by atoms with E-state index in [9.17, 15) is 0 Å². The van der Waals surface area contributed by atoms with Crippen LogP contribution in [0.4, 0.5) is 5.82 Å². The number of likely N-dealkylation sites (tertiary alicyclic amines) is 1. The van der Waals surface area contributed by atoms with E-state index in [-0.39, 0.29) is 6.61 Å². The standard InChI is InChI=1S/C14H23N3O/c1-11-7-12(10-18)8-15-14(11)17(3)13-5-4-6-16(2)9-13/h7-8,13,18H,4-6,9-10H2,1-3H3. The molecule has 1 aromatic heterocycles. The summed E-state index contributed by atoms with van der Waals surface area (Å²) in [6.07, 6.45) is 4.24. The third-order valence-electron chi connectivity index (χ3n) is 3.77. The lowest BCUT2D eigenvalue weighted by Gasteiger charge is -2.37. The molecule has 1 aliphatic rings. The summed E-state index contributed by atoms with van der Waals surface area (Å²) in [5, 5.41) is 9.11. The van der Waals surface area contributed by atoms with Crippen LogP contribution in [0.1, 0.15) is 24.0 Å². The highest BCUT2D eigenvalue weighted by molar-refractivity contribution is 5.47. The first-order chi connectivity index (χ1) is 8.61. The number of aliphatic hydroxyl groups excluding tert-OH is 1. The van der Waals surface area contributed by atoms with Crippen LogP contribution in [0.2, 0.25) is 0 Å². The molecule has 1 unspecified atom stereocenters. The number of hydrogen-bond acceptors (Lipinski definition) is 4. The highest BCUT2D eigenvalue weighted by Crippen LogP contribution is 2.22. The molecule has 1 atom stereocenters. The monoisotopic (exact) mass is 249 g/mol. The fraction of sp³-hybridized carbons (Fsp3) is 0.643. The maximum Gasteiger partial charge on any atom is 0.131 e. The van der Waals surface area contributed by atoms with E-state index in [0.29, 0.717) is 6.04 Å². The lowest BCUT2D eigenvalue weighted by Crippen LogP contribution is -2.45. The zero-order chi connectivity index (χ0) is 13.1. The van der Waals surface area contributed by atoms with Crippen molar-refractivity contribution >= 4 is 5.82 Å². The van der Waals surface area contributed by atoms with Gasteiger partial charge in [0.1, 0.15) is 5.82 Å². The van der Waals surface area contributed by atoms with Crippen LogP contribution in [-0.4, -0.2) is 48.2 Å². The van der Waals surface area contributed by atoms with E-state index in [2.05, 4.69) is 35.8 Å². The van der Waals surface area contributed by atoms with Crippen molar-refractivity contribution in [2.24, 2.45) is 0 Å². The third kappa shape index (κ3) is 2.82. The summed E-state index contributed by atoms with van der Waals surface area (Å²) in [7, 11) is 4.30. The number of piperidine rings is 1. The summed E-state index contributed by atoms with van der Waals surface area (Å²) in [5.41, 5.74) is 2.02. The highest BCUT2D eigenvalue weighted by Gasteiger charge is 2.22. The topological polar surface area (TPSA) is 39.6 Å². The smallest absolute Gasteiger partial charge is 0.131 e. The molecule has 1 aromatic rings. The first-order valence-corrected chi connectivity index (χ1v) is 6.59. The van der Waals surface area contributed by atoms with Crippen molar-refractivity contribution in [3.8, 4) is 0 Å². The molecule has 0 saturated carbocycles. The first kappa shape index (κ1) is 13.3. The van der Waals surface area contributed by atoms with Gasteiger partial charge in [-0.05, 0) is 50.6 Å². The molecular weight excluding hydrogens is 226 g/mol. The minimum atomic E-state index is 0.0595. The van der Waals surface area contributed by atoms with Crippen LogP contribution in [-0.2, 0) is 6.61 Å². The average Bonchev–Trinajstić information content (AvgIpc) is 2.37. The Labute approximate surface area is 109 Å². The van der Waals surface area contributed by atoms with Gasteiger partial charge in [-0.15, -0.1) is 0 Å². The SMILES string of the molecule is Cc1cc(CO)cnc1N(C)C1CCCN(C)C1. The fourth-order valence-electron chi connectivity index (χ4n) is 2.71. The Kier molecular flexibility index (Phi) is 4.19. The normalized spacial score (nSPS) is 21.0. The largest absolute Gasteiger partial charge is 0.392 e. The van der Waals surface area contributed by atoms with Crippen molar-refractivity contribution in [3.05, 3.63) is 23.4 Å². The molecule has 1 saturated heterocycles. The van der Waals surface area contributed by atoms with Crippen molar-refractivity contribution in [2.45, 2.75) is 32.4 Å². The molecule has 18 heavy (non-hydrogen) atoms. The second kappa shape index (κ2) is 5.67. The maximum absolute atomic E-state index is 9.11. The minimum Gasteiger partial charge on any atom is -0.392 e. The minimum absolute atomic E-state index is 0.0595. The number of likely N-dealkylation sites (N-methyl/N-ethyl adjacent to an activating group) is 2. The molecule has 4 heteroatoms. The van der Waals surface area contributed by atoms with Crippen LogP contribution in [0.5, 0.6) is 0 Å². The molecule has 1 N–H and O–H groups in total. The van der Waals surface area contributed by atoms with Crippen molar-refractivity contribution in [3.63, 3.8) is 0 Å². The molecule has 0 aromatic carbocycles. The van der Waals surface area contributed by atoms with Gasteiger partial charge in [0.05, 0.1) is 6.61 Å². The molecule has 1 aliphatic heterocycles. The van der Waals surface area contributed by atoms with Gasteiger partial charge in [0, 0.05) is 25.8 Å². The van der Waals surface area contributed by atoms with Gasteiger partial charge in [0.15, 0.2) is 0 Å². The molecule has 0 amide bonds. The van der Waals surface area contributed by atoms with Crippen LogP contribution < -0.4 is 4.90 Å². The summed E-state index contributed by atoms with van der Waals surface area (Å²) in [5.74, 6) is 1.03. The molecule has 0 spiro atoms. The van der Waals surface area contributed by atoms with Crippen molar-refractivity contribution < 1.29 is 5.11 Å². The van der Waals surface area contributed by atoms with Gasteiger partial charge in [-0.25, -0.2) is 4.98 Å². The Morgan fingerprint density at radius 3 is 2.94 bits per heavy atom. The lowest BCUT2D eigenvalue weighted by atomic mass is 10.0. The number of aromatic nitrogens is 1. The number of aryl methyl sites for hydroxylation is 1. The van der Waals surface area contributed by atoms with E-state index in [0.717, 1.165) is 23.5 Å². The van der Waals surface area contributed by atoms with E-state index in [1.807, 2.05) is 6.07 Å². The molecule has 2 rings (SSSR count). The van der Waals surface area contributed by atoms with Crippen LogP contribution in [0, 0.1) is 6.92 Å². The van der Waals surface area contributed by atoms with Crippen LogP contribution >= 0.6 is 0 Å². The van der Waals surface area contributed by atoms with Crippen molar-refractivity contribution in [1.82, 2.24) is 9.88 Å². The quantitative estimate of drug-likeness (QED) is 0.879. The predicted octanol–water partition coefficient (Wildman–Crippen LogP) is 1.41. The summed E-state index contributed by atoms with van der Waals surface area (Å²) in [6, 6.07) is 2.56. The van der Waals surface area contributed by atoms with Crippen LogP contribution in [0.15, 0.2) is 12.3 Å². The Bertz CT molecular complexity index is 408. The third-order valence-corrected chi connectivity index (χ3v) is 3.77. The molecule has 4 nitrogen and oxygen atoms in total. The summed E-state index contributed by atoms with van der Waals surface area (Å²) in [6.45, 7) is 4.41. The van der Waals surface area contributed by atoms with Crippen LogP contribution in [0.3, 0.4) is 0 Å². The van der Waals surface area contributed by atoms with Crippen molar-refractivity contribution in [1.29, 1.82) is 0 Å². The highest BCUT2D eigenvalue weighted by atomic mass is 16.3. The summed E-state index contributed by atoms with van der Waals surface area (Å²) in [4.78, 5) is 9.16. The predicted molar refractivity (Wildman–Crippen MR) is 73.8 cm³/mol. The fourth-order valence-corrected chi connectivity index (χ4v) is 2.71. The number of rotatable bonds is 3. The molecule has 2 heterocycles. The van der Waals surface area contributed by atoms with Gasteiger partial charge in [-0.2, -0.15) is 0 Å². The van der Waals surface area contributed by atoms with E-state index in [1.165, 1.54) is 19.4 Å². The Morgan fingerprint density at radius 2 is 2.33 bits per heavy atom. The molecule has 0 bridgehead atoms. The van der Waals surface area contributed by atoms with Crippen LogP contribution in [0.25, 0.3) is 0 Å². The lowest BCUT2D eigenvalue weighted by molar-refractivity contribution is 0.247. The second-order valence-electron chi connectivity index (χ2n) is 5.31. The maximum atomic E-state index is 9.11. The average molecular weight is 249 g/mol. The van der Waals surface area contributed by atoms with E-state index >= 15 is 0 Å². The van der Waals surface area contributed by atoms with Gasteiger partial charge < -0.3 is 14.9 Å². The van der Waals surface area contributed by atoms with Gasteiger partial charge >= 0.3 is 0 Å². The Balaban J connectivity index is 2.15. The zero-order valence-electron chi connectivity index (χ0n) is 11.6. The first-order valence-electron chi connectivity index (χ1n) is 6.59. The van der Waals surface area contributed by atoms with Gasteiger partial charge in [-0.1, -0.05) is 0 Å². The number of aliphatic hydroxyl groups is 1. The summed E-state index contributed by atoms with van der Waals surface area (Å²) < 4.78 is 0. The number of pyridine rings is 1. The van der Waals surface area contributed by atoms with Gasteiger partial charge in [0.25, 0.3) is 0 Å². The van der Waals surface area contributed by atoms with Gasteiger partial charge in [0.2, 0.25) is 0 Å². The van der Waals surface area contributed by atoms with E-state index < -0.39 is 0 Å². The Hall–Kier alpha value is -1.13. The molecule has 0 radical (unpaired) electrons. The van der Waals surface area contributed by atoms with E-state index in [1.54, 1.807) is 6.20 Å².